The van der Waals surface area contributed by atoms with Crippen LogP contribution in [0.1, 0.15) is 30.6 Å². The van der Waals surface area contributed by atoms with Crippen molar-refractivity contribution >= 4 is 11.8 Å². The minimum atomic E-state index is -0.298. The van der Waals surface area contributed by atoms with Gasteiger partial charge in [-0.05, 0) is 12.5 Å². The summed E-state index contributed by atoms with van der Waals surface area (Å²) < 4.78 is 5.20. The topological polar surface area (TPSA) is 88.3 Å². The molecule has 1 aliphatic rings. The normalized spacial score (nSPS) is 17.3. The standard InChI is InChI=1S/C17H20N4O3/c1-2-21-11-13(9-16(21)22)17(23)18-10-14-19-15(24-20-14)8-12-6-4-3-5-7-12/h3-7,13H,2,8-11H2,1H3,(H,18,23)/t13-/m1/s1. The number of hydrogen-bond donors (Lipinski definition) is 1. The third-order valence-electron chi connectivity index (χ3n) is 4.10. The zero-order valence-corrected chi connectivity index (χ0v) is 13.6. The minimum absolute atomic E-state index is 0.0300. The van der Waals surface area contributed by atoms with Crippen LogP contribution in [0.5, 0.6) is 0 Å². The van der Waals surface area contributed by atoms with E-state index in [0.717, 1.165) is 5.56 Å². The number of benzene rings is 1. The molecule has 2 amide bonds. The van der Waals surface area contributed by atoms with Gasteiger partial charge in [-0.1, -0.05) is 35.5 Å². The van der Waals surface area contributed by atoms with Gasteiger partial charge in [0.25, 0.3) is 0 Å². The molecular weight excluding hydrogens is 308 g/mol. The number of rotatable bonds is 6. The molecule has 2 heterocycles. The number of nitrogens with zero attached hydrogens (tertiary/aromatic N) is 3. The third-order valence-corrected chi connectivity index (χ3v) is 4.10. The van der Waals surface area contributed by atoms with Gasteiger partial charge in [0, 0.05) is 19.5 Å². The highest BCUT2D eigenvalue weighted by Crippen LogP contribution is 2.17. The first-order valence-corrected chi connectivity index (χ1v) is 8.06. The molecule has 7 heteroatoms. The summed E-state index contributed by atoms with van der Waals surface area (Å²) in [6, 6.07) is 9.83. The summed E-state index contributed by atoms with van der Waals surface area (Å²) in [5.74, 6) is 0.536. The Kier molecular flexibility index (Phi) is 4.88. The van der Waals surface area contributed by atoms with E-state index < -0.39 is 0 Å². The fourth-order valence-electron chi connectivity index (χ4n) is 2.77. The van der Waals surface area contributed by atoms with Crippen LogP contribution in [0, 0.1) is 5.92 Å². The molecule has 1 N–H and O–H groups in total. The third kappa shape index (κ3) is 3.79. The molecule has 0 unspecified atom stereocenters. The van der Waals surface area contributed by atoms with Crippen molar-refractivity contribution in [2.24, 2.45) is 5.92 Å². The highest BCUT2D eigenvalue weighted by Gasteiger charge is 2.33. The Labute approximate surface area is 140 Å². The van der Waals surface area contributed by atoms with E-state index in [4.69, 9.17) is 4.52 Å². The molecule has 0 radical (unpaired) electrons. The monoisotopic (exact) mass is 328 g/mol. The number of aromatic nitrogens is 2. The lowest BCUT2D eigenvalue weighted by atomic mass is 10.1. The molecule has 2 aromatic rings. The second-order valence-corrected chi connectivity index (χ2v) is 5.82. The maximum Gasteiger partial charge on any atom is 0.231 e. The van der Waals surface area contributed by atoms with E-state index in [1.807, 2.05) is 37.3 Å². The summed E-state index contributed by atoms with van der Waals surface area (Å²) >= 11 is 0. The molecule has 1 aliphatic heterocycles. The molecule has 1 aromatic carbocycles. The zero-order valence-electron chi connectivity index (χ0n) is 13.6. The van der Waals surface area contributed by atoms with Gasteiger partial charge in [-0.25, -0.2) is 0 Å². The first-order valence-electron chi connectivity index (χ1n) is 8.06. The summed E-state index contributed by atoms with van der Waals surface area (Å²) in [4.78, 5) is 29.8. The van der Waals surface area contributed by atoms with E-state index in [-0.39, 0.29) is 30.7 Å². The molecule has 0 saturated carbocycles. The lowest BCUT2D eigenvalue weighted by Gasteiger charge is -2.13. The van der Waals surface area contributed by atoms with Crippen molar-refractivity contribution in [2.75, 3.05) is 13.1 Å². The fourth-order valence-corrected chi connectivity index (χ4v) is 2.77. The van der Waals surface area contributed by atoms with Gasteiger partial charge in [0.05, 0.1) is 18.9 Å². The van der Waals surface area contributed by atoms with E-state index in [0.29, 0.717) is 31.2 Å². The Morgan fingerprint density at radius 2 is 2.17 bits per heavy atom. The van der Waals surface area contributed by atoms with Gasteiger partial charge in [-0.15, -0.1) is 0 Å². The average Bonchev–Trinajstić information content (AvgIpc) is 3.20. The predicted octanol–water partition coefficient (Wildman–Crippen LogP) is 1.14. The fraction of sp³-hybridized carbons (Fsp3) is 0.412. The van der Waals surface area contributed by atoms with Gasteiger partial charge in [0.15, 0.2) is 5.82 Å². The maximum absolute atomic E-state index is 12.1. The van der Waals surface area contributed by atoms with Gasteiger partial charge in [0.2, 0.25) is 17.7 Å². The Hall–Kier alpha value is -2.70. The Bertz CT molecular complexity index is 714. The molecule has 0 bridgehead atoms. The van der Waals surface area contributed by atoms with Gasteiger partial charge in [-0.3, -0.25) is 9.59 Å². The number of amides is 2. The number of carbonyl (C=O) groups excluding carboxylic acids is 2. The molecule has 126 valence electrons. The highest BCUT2D eigenvalue weighted by molar-refractivity contribution is 5.89. The summed E-state index contributed by atoms with van der Waals surface area (Å²) in [5, 5.41) is 6.66. The molecule has 1 aromatic heterocycles. The van der Waals surface area contributed by atoms with Crippen molar-refractivity contribution in [3.05, 3.63) is 47.6 Å². The Balaban J connectivity index is 1.50. The van der Waals surface area contributed by atoms with Crippen LogP contribution in [-0.4, -0.2) is 39.9 Å². The van der Waals surface area contributed by atoms with E-state index in [2.05, 4.69) is 15.5 Å². The van der Waals surface area contributed by atoms with Crippen LogP contribution < -0.4 is 5.32 Å². The maximum atomic E-state index is 12.1. The van der Waals surface area contributed by atoms with Crippen molar-refractivity contribution in [2.45, 2.75) is 26.3 Å². The van der Waals surface area contributed by atoms with Crippen LogP contribution >= 0.6 is 0 Å². The highest BCUT2D eigenvalue weighted by atomic mass is 16.5. The summed E-state index contributed by atoms with van der Waals surface area (Å²) in [6.07, 6.45) is 0.829. The van der Waals surface area contributed by atoms with Crippen LogP contribution in [0.3, 0.4) is 0 Å². The molecular formula is C17H20N4O3. The lowest BCUT2D eigenvalue weighted by Crippen LogP contribution is -2.32. The lowest BCUT2D eigenvalue weighted by molar-refractivity contribution is -0.128. The molecule has 1 fully saturated rings. The second-order valence-electron chi connectivity index (χ2n) is 5.82. The van der Waals surface area contributed by atoms with Crippen molar-refractivity contribution < 1.29 is 14.1 Å². The van der Waals surface area contributed by atoms with E-state index in [9.17, 15) is 9.59 Å². The molecule has 0 aliphatic carbocycles. The molecule has 3 rings (SSSR count). The zero-order chi connectivity index (χ0) is 16.9. The van der Waals surface area contributed by atoms with Crippen molar-refractivity contribution in [1.29, 1.82) is 0 Å². The smallest absolute Gasteiger partial charge is 0.231 e. The van der Waals surface area contributed by atoms with E-state index in [1.54, 1.807) is 4.90 Å². The van der Waals surface area contributed by atoms with Crippen LogP contribution in [0.4, 0.5) is 0 Å². The molecule has 0 spiro atoms. The van der Waals surface area contributed by atoms with Gasteiger partial charge < -0.3 is 14.7 Å². The average molecular weight is 328 g/mol. The first-order chi connectivity index (χ1) is 11.7. The number of nitrogens with one attached hydrogen (secondary N) is 1. The molecule has 1 saturated heterocycles. The van der Waals surface area contributed by atoms with Crippen LogP contribution in [0.2, 0.25) is 0 Å². The SMILES string of the molecule is CCN1C[C@H](C(=O)NCc2noc(Cc3ccccc3)n2)CC1=O. The number of hydrogen-bond acceptors (Lipinski definition) is 5. The first kappa shape index (κ1) is 16.2. The van der Waals surface area contributed by atoms with Gasteiger partial charge >= 0.3 is 0 Å². The summed E-state index contributed by atoms with van der Waals surface area (Å²) in [6.45, 7) is 3.22. The minimum Gasteiger partial charge on any atom is -0.348 e. The van der Waals surface area contributed by atoms with Crippen molar-refractivity contribution in [3.8, 4) is 0 Å². The van der Waals surface area contributed by atoms with Crippen LogP contribution in [0.15, 0.2) is 34.9 Å². The number of likely N-dealkylation sites (tertiary alicyclic amines) is 1. The van der Waals surface area contributed by atoms with Crippen molar-refractivity contribution in [1.82, 2.24) is 20.4 Å². The predicted molar refractivity (Wildman–Crippen MR) is 85.8 cm³/mol. The number of carbonyl (C=O) groups is 2. The van der Waals surface area contributed by atoms with E-state index in [1.165, 1.54) is 0 Å². The van der Waals surface area contributed by atoms with Crippen molar-refractivity contribution in [3.63, 3.8) is 0 Å². The Morgan fingerprint density at radius 3 is 2.88 bits per heavy atom. The van der Waals surface area contributed by atoms with E-state index >= 15 is 0 Å². The summed E-state index contributed by atoms with van der Waals surface area (Å²) in [7, 11) is 0. The van der Waals surface area contributed by atoms with Crippen LogP contribution in [-0.2, 0) is 22.6 Å². The largest absolute Gasteiger partial charge is 0.348 e. The quantitative estimate of drug-likeness (QED) is 0.859. The van der Waals surface area contributed by atoms with Gasteiger partial charge in [0.1, 0.15) is 0 Å². The van der Waals surface area contributed by atoms with Crippen LogP contribution in [0.25, 0.3) is 0 Å². The molecule has 1 atom stereocenters. The second kappa shape index (κ2) is 7.25. The summed E-state index contributed by atoms with van der Waals surface area (Å²) in [5.41, 5.74) is 1.08. The van der Waals surface area contributed by atoms with Gasteiger partial charge in [-0.2, -0.15) is 4.98 Å². The Morgan fingerprint density at radius 1 is 1.38 bits per heavy atom. The molecule has 7 nitrogen and oxygen atoms in total. The molecule has 24 heavy (non-hydrogen) atoms.